The standard InChI is InChI=1S/C24H35N5O2.HI/c1-25-24(27-18-22(23-5-4-14-31-23)29-10-2-3-11-29)26-17-20-6-8-21(9-7-20)19-28-12-15-30-16-13-28;/h4-9,14,22H,2-3,10-13,15-19H2,1H3,(H2,25,26,27);1H. The highest BCUT2D eigenvalue weighted by molar-refractivity contribution is 14.0. The molecule has 1 unspecified atom stereocenters. The zero-order valence-electron chi connectivity index (χ0n) is 19.0. The van der Waals surface area contributed by atoms with Crippen molar-refractivity contribution in [2.24, 2.45) is 4.99 Å². The molecule has 1 aromatic carbocycles. The molecule has 2 fully saturated rings. The molecule has 0 radical (unpaired) electrons. The number of hydrogen-bond donors (Lipinski definition) is 2. The molecule has 0 bridgehead atoms. The fraction of sp³-hybridized carbons (Fsp3) is 0.542. The number of hydrogen-bond acceptors (Lipinski definition) is 5. The van der Waals surface area contributed by atoms with E-state index in [1.54, 1.807) is 6.26 Å². The van der Waals surface area contributed by atoms with Crippen LogP contribution in [0.1, 0.15) is 35.8 Å². The highest BCUT2D eigenvalue weighted by Crippen LogP contribution is 2.24. The van der Waals surface area contributed by atoms with Crippen LogP contribution in [-0.2, 0) is 17.8 Å². The van der Waals surface area contributed by atoms with Gasteiger partial charge in [0.05, 0.1) is 25.5 Å². The number of benzene rings is 1. The average molecular weight is 553 g/mol. The maximum absolute atomic E-state index is 5.72. The summed E-state index contributed by atoms with van der Waals surface area (Å²) in [4.78, 5) is 9.34. The lowest BCUT2D eigenvalue weighted by Gasteiger charge is -2.27. The van der Waals surface area contributed by atoms with E-state index in [1.165, 1.54) is 24.0 Å². The van der Waals surface area contributed by atoms with Crippen molar-refractivity contribution in [3.8, 4) is 0 Å². The summed E-state index contributed by atoms with van der Waals surface area (Å²) in [5, 5.41) is 6.93. The number of rotatable bonds is 8. The summed E-state index contributed by atoms with van der Waals surface area (Å²) in [7, 11) is 1.82. The van der Waals surface area contributed by atoms with Gasteiger partial charge in [-0.1, -0.05) is 24.3 Å². The molecule has 1 aromatic heterocycles. The van der Waals surface area contributed by atoms with Crippen molar-refractivity contribution in [2.45, 2.75) is 32.0 Å². The van der Waals surface area contributed by atoms with Gasteiger partial charge in [-0.3, -0.25) is 14.8 Å². The number of morpholine rings is 1. The lowest BCUT2D eigenvalue weighted by atomic mass is 10.1. The Bertz CT molecular complexity index is 800. The molecule has 3 heterocycles. The number of nitrogens with one attached hydrogen (secondary N) is 2. The summed E-state index contributed by atoms with van der Waals surface area (Å²) in [6, 6.07) is 13.1. The first-order valence-corrected chi connectivity index (χ1v) is 11.4. The van der Waals surface area contributed by atoms with Gasteiger partial charge in [-0.25, -0.2) is 0 Å². The third kappa shape index (κ3) is 7.19. The molecule has 2 N–H and O–H groups in total. The van der Waals surface area contributed by atoms with Crippen molar-refractivity contribution in [1.29, 1.82) is 0 Å². The Morgan fingerprint density at radius 1 is 1.00 bits per heavy atom. The van der Waals surface area contributed by atoms with E-state index in [0.717, 1.165) is 70.7 Å². The second kappa shape index (κ2) is 13.2. The first kappa shape index (κ1) is 25.0. The molecule has 2 aromatic rings. The highest BCUT2D eigenvalue weighted by atomic mass is 127. The topological polar surface area (TPSA) is 65.3 Å². The third-order valence-corrected chi connectivity index (χ3v) is 6.13. The molecular weight excluding hydrogens is 517 g/mol. The minimum absolute atomic E-state index is 0. The molecule has 2 aliphatic rings. The lowest BCUT2D eigenvalue weighted by molar-refractivity contribution is 0.0342. The molecule has 1 atom stereocenters. The molecule has 0 aliphatic carbocycles. The number of likely N-dealkylation sites (tertiary alicyclic amines) is 1. The molecule has 4 rings (SSSR count). The Labute approximate surface area is 208 Å². The van der Waals surface area contributed by atoms with Gasteiger partial charge in [0.2, 0.25) is 0 Å². The van der Waals surface area contributed by atoms with E-state index in [4.69, 9.17) is 9.15 Å². The molecule has 0 spiro atoms. The van der Waals surface area contributed by atoms with Crippen LogP contribution in [0.5, 0.6) is 0 Å². The summed E-state index contributed by atoms with van der Waals surface area (Å²) >= 11 is 0. The number of aliphatic imine (C=N–C) groups is 1. The van der Waals surface area contributed by atoms with Gasteiger partial charge in [-0.15, -0.1) is 24.0 Å². The molecule has 2 aliphatic heterocycles. The number of halogens is 1. The zero-order valence-corrected chi connectivity index (χ0v) is 21.3. The van der Waals surface area contributed by atoms with Crippen LogP contribution in [0.25, 0.3) is 0 Å². The normalized spacial score (nSPS) is 18.8. The summed E-state index contributed by atoms with van der Waals surface area (Å²) in [5.74, 6) is 1.83. The minimum atomic E-state index is 0. The van der Waals surface area contributed by atoms with Gasteiger partial charge in [0.25, 0.3) is 0 Å². The van der Waals surface area contributed by atoms with Crippen LogP contribution >= 0.6 is 24.0 Å². The number of ether oxygens (including phenoxy) is 1. The zero-order chi connectivity index (χ0) is 21.3. The first-order valence-electron chi connectivity index (χ1n) is 11.4. The second-order valence-corrected chi connectivity index (χ2v) is 8.29. The van der Waals surface area contributed by atoms with E-state index < -0.39 is 0 Å². The summed E-state index contributed by atoms with van der Waals surface area (Å²) < 4.78 is 11.1. The van der Waals surface area contributed by atoms with Crippen molar-refractivity contribution in [3.05, 3.63) is 59.5 Å². The molecule has 2 saturated heterocycles. The monoisotopic (exact) mass is 553 g/mol. The van der Waals surface area contributed by atoms with E-state index in [1.807, 2.05) is 13.1 Å². The molecule has 176 valence electrons. The second-order valence-electron chi connectivity index (χ2n) is 8.29. The van der Waals surface area contributed by atoms with Crippen molar-refractivity contribution in [3.63, 3.8) is 0 Å². The molecular formula is C24H36IN5O2. The SMILES string of the molecule is CN=C(NCc1ccc(CN2CCOCC2)cc1)NCC(c1ccco1)N1CCCC1.I. The third-order valence-electron chi connectivity index (χ3n) is 6.13. The predicted octanol–water partition coefficient (Wildman–Crippen LogP) is 3.23. The van der Waals surface area contributed by atoms with Gasteiger partial charge in [-0.05, 0) is 49.2 Å². The van der Waals surface area contributed by atoms with Gasteiger partial charge < -0.3 is 19.8 Å². The Morgan fingerprint density at radius 3 is 2.38 bits per heavy atom. The van der Waals surface area contributed by atoms with E-state index in [0.29, 0.717) is 0 Å². The number of furan rings is 1. The first-order chi connectivity index (χ1) is 15.3. The highest BCUT2D eigenvalue weighted by Gasteiger charge is 2.25. The van der Waals surface area contributed by atoms with E-state index in [9.17, 15) is 0 Å². The number of guanidine groups is 1. The van der Waals surface area contributed by atoms with Crippen LogP contribution in [-0.4, -0.2) is 68.7 Å². The largest absolute Gasteiger partial charge is 0.468 e. The van der Waals surface area contributed by atoms with Crippen molar-refractivity contribution >= 4 is 29.9 Å². The quantitative estimate of drug-likeness (QED) is 0.298. The summed E-state index contributed by atoms with van der Waals surface area (Å²) in [5.41, 5.74) is 2.59. The van der Waals surface area contributed by atoms with Gasteiger partial charge in [-0.2, -0.15) is 0 Å². The molecule has 8 heteroatoms. The van der Waals surface area contributed by atoms with Gasteiger partial charge >= 0.3 is 0 Å². The van der Waals surface area contributed by atoms with Crippen LogP contribution in [0.3, 0.4) is 0 Å². The molecule has 0 amide bonds. The van der Waals surface area contributed by atoms with Gasteiger partial charge in [0.15, 0.2) is 5.96 Å². The van der Waals surface area contributed by atoms with Crippen LogP contribution in [0.2, 0.25) is 0 Å². The smallest absolute Gasteiger partial charge is 0.191 e. The van der Waals surface area contributed by atoms with E-state index in [-0.39, 0.29) is 30.0 Å². The van der Waals surface area contributed by atoms with Crippen LogP contribution in [0, 0.1) is 0 Å². The van der Waals surface area contributed by atoms with Crippen LogP contribution < -0.4 is 10.6 Å². The average Bonchev–Trinajstić information content (AvgIpc) is 3.53. The fourth-order valence-electron chi connectivity index (χ4n) is 4.32. The van der Waals surface area contributed by atoms with Gasteiger partial charge in [0, 0.05) is 39.8 Å². The fourth-order valence-corrected chi connectivity index (χ4v) is 4.32. The summed E-state index contributed by atoms with van der Waals surface area (Å²) in [6.07, 6.45) is 4.27. The maximum Gasteiger partial charge on any atom is 0.191 e. The van der Waals surface area contributed by atoms with Gasteiger partial charge in [0.1, 0.15) is 5.76 Å². The number of nitrogens with zero attached hydrogens (tertiary/aromatic N) is 3. The van der Waals surface area contributed by atoms with Crippen molar-refractivity contribution in [2.75, 3.05) is 53.0 Å². The van der Waals surface area contributed by atoms with E-state index >= 15 is 0 Å². The minimum Gasteiger partial charge on any atom is -0.468 e. The molecule has 0 saturated carbocycles. The van der Waals surface area contributed by atoms with Crippen LogP contribution in [0.4, 0.5) is 0 Å². The van der Waals surface area contributed by atoms with Crippen LogP contribution in [0.15, 0.2) is 52.1 Å². The Hall–Kier alpha value is -1.62. The molecule has 7 nitrogen and oxygen atoms in total. The summed E-state index contributed by atoms with van der Waals surface area (Å²) in [6.45, 7) is 8.46. The maximum atomic E-state index is 5.72. The molecule has 32 heavy (non-hydrogen) atoms. The Kier molecular flexibility index (Phi) is 10.3. The van der Waals surface area contributed by atoms with E-state index in [2.05, 4.69) is 55.8 Å². The Balaban J connectivity index is 0.00000289. The van der Waals surface area contributed by atoms with Crippen molar-refractivity contribution < 1.29 is 9.15 Å². The lowest BCUT2D eigenvalue weighted by Crippen LogP contribution is -2.42. The van der Waals surface area contributed by atoms with Crippen molar-refractivity contribution in [1.82, 2.24) is 20.4 Å². The Morgan fingerprint density at radius 2 is 1.72 bits per heavy atom. The predicted molar refractivity (Wildman–Crippen MR) is 138 cm³/mol.